The second-order valence-electron chi connectivity index (χ2n) is 4.30. The molecule has 0 spiro atoms. The van der Waals surface area contributed by atoms with Crippen molar-refractivity contribution >= 4 is 23.3 Å². The smallest absolute Gasteiger partial charge is 0.181 e. The Labute approximate surface area is 112 Å². The van der Waals surface area contributed by atoms with E-state index < -0.39 is 31.1 Å². The van der Waals surface area contributed by atoms with Gasteiger partial charge in [-0.05, 0) is 6.07 Å². The minimum absolute atomic E-state index is 0.395. The first kappa shape index (κ1) is 12.6. The number of ether oxygens (including phenoxy) is 1. The Kier molecular flexibility index (Phi) is 3.07. The second-order valence-corrected chi connectivity index (χ2v) is 4.71. The van der Waals surface area contributed by atoms with Gasteiger partial charge in [-0.1, -0.05) is 17.4 Å². The molecule has 1 aliphatic heterocycles. The maximum atomic E-state index is 9.96. The predicted octanol–water partition coefficient (Wildman–Crippen LogP) is -0.900. The largest absolute Gasteiger partial charge is 0.394 e. The van der Waals surface area contributed by atoms with Crippen LogP contribution in [0, 0.1) is 4.64 Å². The summed E-state index contributed by atoms with van der Waals surface area (Å²) < 4.78 is 7.11. The molecular weight excluding hydrogens is 272 g/mol. The number of aromatic amines is 1. The van der Waals surface area contributed by atoms with Gasteiger partial charge in [0.25, 0.3) is 0 Å². The molecule has 0 amide bonds. The topological polar surface area (TPSA) is 116 Å². The number of pyridine rings is 1. The van der Waals surface area contributed by atoms with Gasteiger partial charge in [0.1, 0.15) is 34.0 Å². The van der Waals surface area contributed by atoms with Crippen LogP contribution in [0.2, 0.25) is 0 Å². The minimum atomic E-state index is -1.21. The molecule has 0 radical (unpaired) electrons. The Morgan fingerprint density at radius 2 is 2.21 bits per heavy atom. The van der Waals surface area contributed by atoms with Gasteiger partial charge in [0.05, 0.1) is 6.61 Å². The van der Waals surface area contributed by atoms with Gasteiger partial charge in [-0.2, -0.15) is 0 Å². The van der Waals surface area contributed by atoms with Crippen molar-refractivity contribution in [2.75, 3.05) is 6.61 Å². The van der Waals surface area contributed by atoms with Crippen molar-refractivity contribution in [3.63, 3.8) is 0 Å². The highest BCUT2D eigenvalue weighted by Crippen LogP contribution is 2.30. The maximum absolute atomic E-state index is 9.96. The molecular formula is C10H12N4O4S. The SMILES string of the molecule is OC[C@H]1O[C@@H](n2nnc3cc[nH]c(=S)c32)[C@H](O)[C@@H]1O. The molecule has 0 saturated carbocycles. The number of H-pyrrole nitrogens is 1. The summed E-state index contributed by atoms with van der Waals surface area (Å²) in [6, 6.07) is 1.69. The summed E-state index contributed by atoms with van der Waals surface area (Å²) in [5.74, 6) is 0. The standard InChI is InChI=1S/C10H12N4O4S/c15-3-5-7(16)8(17)10(18-5)14-6-4(12-13-14)1-2-11-9(6)19/h1-2,5,7-8,10,15-17H,3H2,(H,11,19)/t5-,7-,8-,10-/m1/s1. The molecule has 4 N–H and O–H groups in total. The molecule has 8 nitrogen and oxygen atoms in total. The molecule has 3 heterocycles. The molecule has 0 unspecified atom stereocenters. The van der Waals surface area contributed by atoms with Gasteiger partial charge in [-0.25, -0.2) is 4.68 Å². The monoisotopic (exact) mass is 284 g/mol. The highest BCUT2D eigenvalue weighted by Gasteiger charge is 2.44. The fourth-order valence-electron chi connectivity index (χ4n) is 2.16. The fourth-order valence-corrected chi connectivity index (χ4v) is 2.43. The third-order valence-corrected chi connectivity index (χ3v) is 3.46. The summed E-state index contributed by atoms with van der Waals surface area (Å²) in [6.07, 6.45) is -2.55. The van der Waals surface area contributed by atoms with E-state index >= 15 is 0 Å². The quantitative estimate of drug-likeness (QED) is 0.528. The summed E-state index contributed by atoms with van der Waals surface area (Å²) >= 11 is 5.15. The number of aromatic nitrogens is 4. The Morgan fingerprint density at radius 3 is 2.89 bits per heavy atom. The summed E-state index contributed by atoms with van der Waals surface area (Å²) in [7, 11) is 0. The molecule has 1 fully saturated rings. The van der Waals surface area contributed by atoms with E-state index in [4.69, 9.17) is 22.1 Å². The van der Waals surface area contributed by atoms with E-state index in [0.717, 1.165) is 0 Å². The van der Waals surface area contributed by atoms with Gasteiger partial charge < -0.3 is 25.0 Å². The van der Waals surface area contributed by atoms with E-state index in [1.54, 1.807) is 12.3 Å². The zero-order valence-corrected chi connectivity index (χ0v) is 10.5. The number of aliphatic hydroxyl groups excluding tert-OH is 3. The van der Waals surface area contributed by atoms with Gasteiger partial charge in [-0.3, -0.25) is 0 Å². The van der Waals surface area contributed by atoms with E-state index in [-0.39, 0.29) is 0 Å². The Hall–Kier alpha value is -1.39. The van der Waals surface area contributed by atoms with Crippen LogP contribution in [-0.4, -0.2) is 60.2 Å². The van der Waals surface area contributed by atoms with E-state index in [1.165, 1.54) is 4.68 Å². The highest BCUT2D eigenvalue weighted by atomic mass is 32.1. The summed E-state index contributed by atoms with van der Waals surface area (Å²) in [4.78, 5) is 2.84. The first-order chi connectivity index (χ1) is 9.13. The molecule has 0 aromatic carbocycles. The normalized spacial score (nSPS) is 31.1. The summed E-state index contributed by atoms with van der Waals surface area (Å²) in [5.41, 5.74) is 1.06. The average molecular weight is 284 g/mol. The highest BCUT2D eigenvalue weighted by molar-refractivity contribution is 7.71. The molecule has 2 aromatic heterocycles. The lowest BCUT2D eigenvalue weighted by Crippen LogP contribution is -2.33. The van der Waals surface area contributed by atoms with Gasteiger partial charge in [0.2, 0.25) is 0 Å². The van der Waals surface area contributed by atoms with Gasteiger partial charge in [-0.15, -0.1) is 5.10 Å². The number of rotatable bonds is 2. The van der Waals surface area contributed by atoms with Crippen LogP contribution in [0.15, 0.2) is 12.3 Å². The molecule has 4 atom stereocenters. The average Bonchev–Trinajstić information content (AvgIpc) is 2.94. The van der Waals surface area contributed by atoms with Crippen LogP contribution in [0.5, 0.6) is 0 Å². The van der Waals surface area contributed by atoms with Crippen molar-refractivity contribution in [3.05, 3.63) is 16.9 Å². The van der Waals surface area contributed by atoms with Crippen LogP contribution in [0.25, 0.3) is 11.0 Å². The van der Waals surface area contributed by atoms with Crippen LogP contribution >= 0.6 is 12.2 Å². The van der Waals surface area contributed by atoms with Crippen LogP contribution in [0.3, 0.4) is 0 Å². The van der Waals surface area contributed by atoms with Crippen molar-refractivity contribution in [2.24, 2.45) is 0 Å². The third kappa shape index (κ3) is 1.86. The third-order valence-electron chi connectivity index (χ3n) is 3.15. The number of nitrogens with zero attached hydrogens (tertiary/aromatic N) is 3. The van der Waals surface area contributed by atoms with Gasteiger partial charge in [0, 0.05) is 6.20 Å². The molecule has 9 heteroatoms. The van der Waals surface area contributed by atoms with E-state index in [1.807, 2.05) is 0 Å². The zero-order valence-electron chi connectivity index (χ0n) is 9.67. The molecule has 0 bridgehead atoms. The van der Waals surface area contributed by atoms with Crippen LogP contribution in [0.4, 0.5) is 0 Å². The maximum Gasteiger partial charge on any atom is 0.181 e. The Bertz CT molecular complexity index is 656. The van der Waals surface area contributed by atoms with Crippen molar-refractivity contribution in [3.8, 4) is 0 Å². The fraction of sp³-hybridized carbons (Fsp3) is 0.500. The molecule has 102 valence electrons. The lowest BCUT2D eigenvalue weighted by Gasteiger charge is -2.14. The summed E-state index contributed by atoms with van der Waals surface area (Å²) in [5, 5.41) is 36.6. The van der Waals surface area contributed by atoms with E-state index in [2.05, 4.69) is 15.3 Å². The minimum Gasteiger partial charge on any atom is -0.394 e. The first-order valence-electron chi connectivity index (χ1n) is 5.68. The molecule has 2 aromatic rings. The van der Waals surface area contributed by atoms with Crippen molar-refractivity contribution in [1.29, 1.82) is 0 Å². The van der Waals surface area contributed by atoms with E-state index in [0.29, 0.717) is 15.7 Å². The number of hydrogen-bond acceptors (Lipinski definition) is 7. The van der Waals surface area contributed by atoms with Crippen molar-refractivity contribution < 1.29 is 20.1 Å². The number of nitrogens with one attached hydrogen (secondary N) is 1. The number of hydrogen-bond donors (Lipinski definition) is 4. The van der Waals surface area contributed by atoms with Crippen molar-refractivity contribution in [1.82, 2.24) is 20.0 Å². The molecule has 1 aliphatic rings. The predicted molar refractivity (Wildman–Crippen MR) is 65.7 cm³/mol. The zero-order chi connectivity index (χ0) is 13.6. The first-order valence-corrected chi connectivity index (χ1v) is 6.09. The molecule has 3 rings (SSSR count). The lowest BCUT2D eigenvalue weighted by molar-refractivity contribution is -0.0572. The van der Waals surface area contributed by atoms with Crippen LogP contribution in [0.1, 0.15) is 6.23 Å². The summed E-state index contributed by atoms with van der Waals surface area (Å²) in [6.45, 7) is -0.395. The van der Waals surface area contributed by atoms with Gasteiger partial charge >= 0.3 is 0 Å². The Balaban J connectivity index is 2.08. The Morgan fingerprint density at radius 1 is 1.42 bits per heavy atom. The van der Waals surface area contributed by atoms with Crippen LogP contribution < -0.4 is 0 Å². The number of fused-ring (bicyclic) bond motifs is 1. The van der Waals surface area contributed by atoms with E-state index in [9.17, 15) is 10.2 Å². The second kappa shape index (κ2) is 4.62. The lowest BCUT2D eigenvalue weighted by atomic mass is 10.1. The molecule has 19 heavy (non-hydrogen) atoms. The van der Waals surface area contributed by atoms with Gasteiger partial charge in [0.15, 0.2) is 6.23 Å². The number of aliphatic hydroxyl groups is 3. The molecule has 0 aliphatic carbocycles. The molecule has 1 saturated heterocycles. The van der Waals surface area contributed by atoms with Crippen molar-refractivity contribution in [2.45, 2.75) is 24.5 Å². The van der Waals surface area contributed by atoms with Crippen LogP contribution in [-0.2, 0) is 4.74 Å².